The molecule has 3 rings (SSSR count). The lowest BCUT2D eigenvalue weighted by Gasteiger charge is -2.44. The lowest BCUT2D eigenvalue weighted by atomic mass is 9.80. The predicted octanol–water partition coefficient (Wildman–Crippen LogP) is 3.23. The monoisotopic (exact) mass is 322 g/mol. The highest BCUT2D eigenvalue weighted by molar-refractivity contribution is 9.10. The summed E-state index contributed by atoms with van der Waals surface area (Å²) < 4.78 is 1.02. The van der Waals surface area contributed by atoms with Gasteiger partial charge in [0, 0.05) is 29.2 Å². The van der Waals surface area contributed by atoms with E-state index in [1.165, 1.54) is 12.8 Å². The van der Waals surface area contributed by atoms with Crippen LogP contribution >= 0.6 is 15.9 Å². The number of rotatable bonds is 1. The van der Waals surface area contributed by atoms with Crippen molar-refractivity contribution < 1.29 is 4.79 Å². The van der Waals surface area contributed by atoms with E-state index in [4.69, 9.17) is 5.73 Å². The molecule has 1 aromatic rings. The lowest BCUT2D eigenvalue weighted by Crippen LogP contribution is -2.51. The normalized spacial score (nSPS) is 30.1. The van der Waals surface area contributed by atoms with Gasteiger partial charge in [0.1, 0.15) is 0 Å². The van der Waals surface area contributed by atoms with Crippen molar-refractivity contribution in [3.05, 3.63) is 28.2 Å². The summed E-state index contributed by atoms with van der Waals surface area (Å²) in [6.45, 7) is 3.83. The number of carbonyl (C=O) groups is 1. The Bertz CT molecular complexity index is 527. The minimum absolute atomic E-state index is 0.00806. The van der Waals surface area contributed by atoms with E-state index in [-0.39, 0.29) is 18.0 Å². The Labute approximate surface area is 122 Å². The van der Waals surface area contributed by atoms with E-state index in [9.17, 15) is 4.79 Å². The van der Waals surface area contributed by atoms with Crippen LogP contribution in [0.3, 0.4) is 0 Å². The van der Waals surface area contributed by atoms with Crippen LogP contribution in [0, 0.1) is 11.8 Å². The Hall–Kier alpha value is -0.870. The van der Waals surface area contributed by atoms with Gasteiger partial charge in [-0.25, -0.2) is 0 Å². The van der Waals surface area contributed by atoms with Crippen LogP contribution in [0.1, 0.15) is 38.3 Å². The third kappa shape index (κ3) is 2.11. The fraction of sp³-hybridized carbons (Fsp3) is 0.533. The van der Waals surface area contributed by atoms with E-state index in [0.717, 1.165) is 15.7 Å². The third-order valence-electron chi connectivity index (χ3n) is 4.46. The first kappa shape index (κ1) is 13.1. The predicted molar refractivity (Wildman–Crippen MR) is 79.9 cm³/mol. The second kappa shape index (κ2) is 4.60. The number of nitrogens with zero attached hydrogens (tertiary/aromatic N) is 1. The van der Waals surface area contributed by atoms with Crippen molar-refractivity contribution in [2.24, 2.45) is 17.6 Å². The van der Waals surface area contributed by atoms with Crippen molar-refractivity contribution >= 4 is 27.5 Å². The summed E-state index contributed by atoms with van der Waals surface area (Å²) >= 11 is 3.49. The Morgan fingerprint density at radius 1 is 1.42 bits per heavy atom. The van der Waals surface area contributed by atoms with E-state index in [1.807, 2.05) is 17.0 Å². The number of nitrogens with two attached hydrogens (primary N) is 1. The molecule has 0 unspecified atom stereocenters. The molecule has 0 bridgehead atoms. The van der Waals surface area contributed by atoms with E-state index >= 15 is 0 Å². The quantitative estimate of drug-likeness (QED) is 0.862. The van der Waals surface area contributed by atoms with E-state index < -0.39 is 0 Å². The highest BCUT2D eigenvalue weighted by Crippen LogP contribution is 2.48. The molecule has 1 aromatic carbocycles. The summed E-state index contributed by atoms with van der Waals surface area (Å²) in [4.78, 5) is 14.1. The molecule has 1 aliphatic heterocycles. The molecule has 1 amide bonds. The molecule has 4 heteroatoms. The Morgan fingerprint density at radius 2 is 2.11 bits per heavy atom. The first-order valence-corrected chi connectivity index (χ1v) is 7.65. The van der Waals surface area contributed by atoms with Crippen LogP contribution in [0.25, 0.3) is 0 Å². The fourth-order valence-corrected chi connectivity index (χ4v) is 3.74. The number of anilines is 1. The molecule has 2 N–H and O–H groups in total. The highest BCUT2D eigenvalue weighted by Gasteiger charge is 2.46. The molecule has 102 valence electrons. The Kier molecular flexibility index (Phi) is 3.18. The summed E-state index contributed by atoms with van der Waals surface area (Å²) in [5.41, 5.74) is 8.49. The van der Waals surface area contributed by atoms with Crippen LogP contribution in [0.15, 0.2) is 22.7 Å². The first-order chi connectivity index (χ1) is 9.00. The molecule has 1 saturated carbocycles. The van der Waals surface area contributed by atoms with Gasteiger partial charge in [-0.15, -0.1) is 0 Å². The van der Waals surface area contributed by atoms with Crippen molar-refractivity contribution in [3.8, 4) is 0 Å². The average molecular weight is 323 g/mol. The van der Waals surface area contributed by atoms with Gasteiger partial charge in [0.25, 0.3) is 0 Å². The van der Waals surface area contributed by atoms with Gasteiger partial charge in [-0.05, 0) is 48.4 Å². The maximum atomic E-state index is 12.1. The standard InChI is InChI=1S/C15H19BrN2O/c1-8-14(17)12-7-11(16)5-6-13(12)18(9(2)19)15(8)10-3-4-10/h5-8,10,14-15H,3-4,17H2,1-2H3/t8-,14-,15+/m1/s1. The van der Waals surface area contributed by atoms with Crippen molar-refractivity contribution in [1.82, 2.24) is 0 Å². The van der Waals surface area contributed by atoms with Crippen LogP contribution in [-0.2, 0) is 4.79 Å². The number of benzene rings is 1. The lowest BCUT2D eigenvalue weighted by molar-refractivity contribution is -0.117. The molecule has 0 saturated heterocycles. The van der Waals surface area contributed by atoms with E-state index in [0.29, 0.717) is 11.8 Å². The fourth-order valence-electron chi connectivity index (χ4n) is 3.36. The summed E-state index contributed by atoms with van der Waals surface area (Å²) in [7, 11) is 0. The highest BCUT2D eigenvalue weighted by atomic mass is 79.9. The van der Waals surface area contributed by atoms with Gasteiger partial charge < -0.3 is 10.6 Å². The Balaban J connectivity index is 2.13. The molecular formula is C15H19BrN2O. The molecule has 0 aromatic heterocycles. The third-order valence-corrected chi connectivity index (χ3v) is 4.95. The maximum Gasteiger partial charge on any atom is 0.224 e. The molecular weight excluding hydrogens is 304 g/mol. The molecule has 0 radical (unpaired) electrons. The zero-order chi connectivity index (χ0) is 13.7. The second-order valence-electron chi connectivity index (χ2n) is 5.81. The zero-order valence-corrected chi connectivity index (χ0v) is 12.9. The number of hydrogen-bond donors (Lipinski definition) is 1. The summed E-state index contributed by atoms with van der Waals surface area (Å²) in [5.74, 6) is 1.05. The van der Waals surface area contributed by atoms with E-state index in [1.54, 1.807) is 6.92 Å². The van der Waals surface area contributed by atoms with Gasteiger partial charge in [0.05, 0.1) is 0 Å². The van der Waals surface area contributed by atoms with Crippen LogP contribution in [0.5, 0.6) is 0 Å². The minimum Gasteiger partial charge on any atom is -0.324 e. The van der Waals surface area contributed by atoms with Gasteiger partial charge in [0.15, 0.2) is 0 Å². The van der Waals surface area contributed by atoms with Crippen LogP contribution < -0.4 is 10.6 Å². The van der Waals surface area contributed by atoms with Crippen molar-refractivity contribution in [1.29, 1.82) is 0 Å². The number of carbonyl (C=O) groups excluding carboxylic acids is 1. The second-order valence-corrected chi connectivity index (χ2v) is 6.72. The zero-order valence-electron chi connectivity index (χ0n) is 11.3. The molecule has 1 heterocycles. The molecule has 3 nitrogen and oxygen atoms in total. The molecule has 19 heavy (non-hydrogen) atoms. The largest absolute Gasteiger partial charge is 0.324 e. The number of hydrogen-bond acceptors (Lipinski definition) is 2. The molecule has 2 aliphatic rings. The SMILES string of the molecule is CC(=O)N1c2ccc(Br)cc2[C@H](N)[C@@H](C)[C@H]1C1CC1. The first-order valence-electron chi connectivity index (χ1n) is 6.85. The van der Waals surface area contributed by atoms with Gasteiger partial charge >= 0.3 is 0 Å². The molecule has 1 fully saturated rings. The summed E-state index contributed by atoms with van der Waals surface area (Å²) in [6.07, 6.45) is 2.44. The van der Waals surface area contributed by atoms with E-state index in [2.05, 4.69) is 28.9 Å². The van der Waals surface area contributed by atoms with Crippen LogP contribution in [0.4, 0.5) is 5.69 Å². The summed E-state index contributed by atoms with van der Waals surface area (Å²) in [5, 5.41) is 0. The molecule has 3 atom stereocenters. The van der Waals surface area contributed by atoms with Crippen molar-refractivity contribution in [2.45, 2.75) is 38.8 Å². The van der Waals surface area contributed by atoms with Crippen LogP contribution in [-0.4, -0.2) is 11.9 Å². The van der Waals surface area contributed by atoms with Gasteiger partial charge in [0.2, 0.25) is 5.91 Å². The van der Waals surface area contributed by atoms with Crippen molar-refractivity contribution in [3.63, 3.8) is 0 Å². The number of fused-ring (bicyclic) bond motifs is 1. The maximum absolute atomic E-state index is 12.1. The molecule has 1 aliphatic carbocycles. The van der Waals surface area contributed by atoms with Crippen molar-refractivity contribution in [2.75, 3.05) is 4.90 Å². The minimum atomic E-state index is 0.00806. The van der Waals surface area contributed by atoms with Gasteiger partial charge in [-0.3, -0.25) is 4.79 Å². The topological polar surface area (TPSA) is 46.3 Å². The van der Waals surface area contributed by atoms with Gasteiger partial charge in [-0.1, -0.05) is 22.9 Å². The molecule has 0 spiro atoms. The number of halogens is 1. The average Bonchev–Trinajstić information content (AvgIpc) is 3.17. The van der Waals surface area contributed by atoms with Crippen LogP contribution in [0.2, 0.25) is 0 Å². The summed E-state index contributed by atoms with van der Waals surface area (Å²) in [6, 6.07) is 6.33. The smallest absolute Gasteiger partial charge is 0.224 e. The van der Waals surface area contributed by atoms with Gasteiger partial charge in [-0.2, -0.15) is 0 Å². The number of amides is 1. The Morgan fingerprint density at radius 3 is 2.68 bits per heavy atom.